The lowest BCUT2D eigenvalue weighted by molar-refractivity contribution is 0.318. The van der Waals surface area contributed by atoms with Gasteiger partial charge in [-0.2, -0.15) is 0 Å². The third-order valence-electron chi connectivity index (χ3n) is 3.22. The zero-order chi connectivity index (χ0) is 14.4. The maximum atomic E-state index is 5.46. The van der Waals surface area contributed by atoms with E-state index in [1.807, 2.05) is 19.1 Å². The second-order valence-corrected chi connectivity index (χ2v) is 5.24. The van der Waals surface area contributed by atoms with Crippen molar-refractivity contribution in [2.75, 3.05) is 13.7 Å². The molecule has 0 aliphatic rings. The molecule has 0 N–H and O–H groups in total. The van der Waals surface area contributed by atoms with Gasteiger partial charge in [-0.15, -0.1) is 0 Å². The highest BCUT2D eigenvalue weighted by molar-refractivity contribution is 5.27. The Morgan fingerprint density at radius 1 is 0.950 bits per heavy atom. The van der Waals surface area contributed by atoms with Crippen LogP contribution < -0.4 is 4.74 Å². The van der Waals surface area contributed by atoms with Crippen LogP contribution in [0.2, 0.25) is 0 Å². The first kappa shape index (κ1) is 14.6. The highest BCUT2D eigenvalue weighted by atomic mass is 16.5. The predicted octanol–water partition coefficient (Wildman–Crippen LogP) is 4.03. The summed E-state index contributed by atoms with van der Waals surface area (Å²) in [6.07, 6.45) is 0. The van der Waals surface area contributed by atoms with Crippen molar-refractivity contribution in [3.63, 3.8) is 0 Å². The molecule has 0 spiro atoms. The van der Waals surface area contributed by atoms with Gasteiger partial charge in [0.1, 0.15) is 5.75 Å². The van der Waals surface area contributed by atoms with Crippen molar-refractivity contribution in [3.05, 3.63) is 65.2 Å². The minimum Gasteiger partial charge on any atom is -0.494 e. The van der Waals surface area contributed by atoms with Crippen LogP contribution in [0.3, 0.4) is 0 Å². The van der Waals surface area contributed by atoms with Gasteiger partial charge in [0.2, 0.25) is 0 Å². The number of hydrogen-bond donors (Lipinski definition) is 0. The van der Waals surface area contributed by atoms with Crippen LogP contribution in [0.15, 0.2) is 48.5 Å². The first-order chi connectivity index (χ1) is 9.67. The maximum absolute atomic E-state index is 5.46. The Labute approximate surface area is 122 Å². The molecular weight excluding hydrogens is 246 g/mol. The minimum absolute atomic E-state index is 0.715. The molecule has 0 saturated carbocycles. The van der Waals surface area contributed by atoms with E-state index >= 15 is 0 Å². The molecule has 0 aliphatic carbocycles. The van der Waals surface area contributed by atoms with Gasteiger partial charge in [-0.3, -0.25) is 4.90 Å². The van der Waals surface area contributed by atoms with Crippen molar-refractivity contribution in [2.45, 2.75) is 26.9 Å². The fraction of sp³-hybridized carbons (Fsp3) is 0.333. The van der Waals surface area contributed by atoms with E-state index in [4.69, 9.17) is 4.74 Å². The van der Waals surface area contributed by atoms with Crippen LogP contribution in [0.25, 0.3) is 0 Å². The van der Waals surface area contributed by atoms with E-state index in [1.165, 1.54) is 16.7 Å². The maximum Gasteiger partial charge on any atom is 0.119 e. The fourth-order valence-corrected chi connectivity index (χ4v) is 2.35. The molecule has 0 amide bonds. The second-order valence-electron chi connectivity index (χ2n) is 5.24. The number of nitrogens with zero attached hydrogens (tertiary/aromatic N) is 1. The molecule has 0 saturated heterocycles. The third-order valence-corrected chi connectivity index (χ3v) is 3.22. The average Bonchev–Trinajstić information content (AvgIpc) is 2.41. The zero-order valence-electron chi connectivity index (χ0n) is 12.6. The summed E-state index contributed by atoms with van der Waals surface area (Å²) in [5.74, 6) is 0.942. The van der Waals surface area contributed by atoms with Gasteiger partial charge in [-0.25, -0.2) is 0 Å². The minimum atomic E-state index is 0.715. The van der Waals surface area contributed by atoms with Crippen LogP contribution in [-0.2, 0) is 13.1 Å². The molecule has 2 aromatic rings. The fourth-order valence-electron chi connectivity index (χ4n) is 2.35. The summed E-state index contributed by atoms with van der Waals surface area (Å²) in [6, 6.07) is 17.0. The van der Waals surface area contributed by atoms with Crippen LogP contribution in [-0.4, -0.2) is 18.6 Å². The highest BCUT2D eigenvalue weighted by Gasteiger charge is 2.02. The van der Waals surface area contributed by atoms with Gasteiger partial charge in [0.15, 0.2) is 0 Å². The van der Waals surface area contributed by atoms with Crippen molar-refractivity contribution in [1.82, 2.24) is 4.90 Å². The van der Waals surface area contributed by atoms with Crippen molar-refractivity contribution in [1.29, 1.82) is 0 Å². The lowest BCUT2D eigenvalue weighted by atomic mass is 10.1. The van der Waals surface area contributed by atoms with Gasteiger partial charge in [0.05, 0.1) is 6.61 Å². The molecule has 0 radical (unpaired) electrons. The largest absolute Gasteiger partial charge is 0.494 e. The summed E-state index contributed by atoms with van der Waals surface area (Å²) in [5.41, 5.74) is 3.99. The molecular formula is C18H23NO. The van der Waals surface area contributed by atoms with E-state index < -0.39 is 0 Å². The number of ether oxygens (including phenoxy) is 1. The predicted molar refractivity (Wildman–Crippen MR) is 84.0 cm³/mol. The summed E-state index contributed by atoms with van der Waals surface area (Å²) in [7, 11) is 2.15. The van der Waals surface area contributed by atoms with Gasteiger partial charge in [0, 0.05) is 13.1 Å². The summed E-state index contributed by atoms with van der Waals surface area (Å²) in [4.78, 5) is 2.32. The van der Waals surface area contributed by atoms with Gasteiger partial charge in [-0.05, 0) is 44.2 Å². The van der Waals surface area contributed by atoms with Crippen LogP contribution in [0.1, 0.15) is 23.6 Å². The van der Waals surface area contributed by atoms with Gasteiger partial charge in [-0.1, -0.05) is 42.0 Å². The Hall–Kier alpha value is -1.80. The Morgan fingerprint density at radius 2 is 1.65 bits per heavy atom. The first-order valence-electron chi connectivity index (χ1n) is 7.13. The number of hydrogen-bond acceptors (Lipinski definition) is 2. The molecule has 0 heterocycles. The molecule has 0 aromatic heterocycles. The van der Waals surface area contributed by atoms with E-state index in [0.29, 0.717) is 6.61 Å². The quantitative estimate of drug-likeness (QED) is 0.785. The third kappa shape index (κ3) is 4.39. The number of aryl methyl sites for hydroxylation is 1. The Balaban J connectivity index is 1.92. The average molecular weight is 269 g/mol. The number of benzene rings is 2. The molecule has 2 rings (SSSR count). The highest BCUT2D eigenvalue weighted by Crippen LogP contribution is 2.14. The van der Waals surface area contributed by atoms with Crippen LogP contribution in [0, 0.1) is 6.92 Å². The topological polar surface area (TPSA) is 12.5 Å². The van der Waals surface area contributed by atoms with Gasteiger partial charge in [0.25, 0.3) is 0 Å². The van der Waals surface area contributed by atoms with Crippen molar-refractivity contribution in [2.24, 2.45) is 0 Å². The first-order valence-corrected chi connectivity index (χ1v) is 7.13. The van der Waals surface area contributed by atoms with Gasteiger partial charge >= 0.3 is 0 Å². The van der Waals surface area contributed by atoms with Crippen LogP contribution >= 0.6 is 0 Å². The van der Waals surface area contributed by atoms with E-state index in [-0.39, 0.29) is 0 Å². The van der Waals surface area contributed by atoms with E-state index in [9.17, 15) is 0 Å². The molecule has 2 aromatic carbocycles. The van der Waals surface area contributed by atoms with Crippen LogP contribution in [0.5, 0.6) is 5.75 Å². The van der Waals surface area contributed by atoms with E-state index in [1.54, 1.807) is 0 Å². The normalized spacial score (nSPS) is 10.8. The SMILES string of the molecule is CCOc1ccc(CN(C)Cc2cccc(C)c2)cc1. The summed E-state index contributed by atoms with van der Waals surface area (Å²) < 4.78 is 5.46. The van der Waals surface area contributed by atoms with Crippen molar-refractivity contribution in [3.8, 4) is 5.75 Å². The lowest BCUT2D eigenvalue weighted by Gasteiger charge is -2.17. The Morgan fingerprint density at radius 3 is 2.30 bits per heavy atom. The van der Waals surface area contributed by atoms with Crippen molar-refractivity contribution >= 4 is 0 Å². The molecule has 2 heteroatoms. The summed E-state index contributed by atoms with van der Waals surface area (Å²) >= 11 is 0. The van der Waals surface area contributed by atoms with E-state index in [0.717, 1.165) is 18.8 Å². The molecule has 0 atom stereocenters. The zero-order valence-corrected chi connectivity index (χ0v) is 12.6. The molecule has 0 aliphatic heterocycles. The Bertz CT molecular complexity index is 533. The molecule has 20 heavy (non-hydrogen) atoms. The number of rotatable bonds is 6. The standard InChI is InChI=1S/C18H23NO/c1-4-20-18-10-8-16(9-11-18)13-19(3)14-17-7-5-6-15(2)12-17/h5-12H,4,13-14H2,1-3H3. The molecule has 0 bridgehead atoms. The second kappa shape index (κ2) is 7.11. The molecule has 2 nitrogen and oxygen atoms in total. The monoisotopic (exact) mass is 269 g/mol. The molecule has 0 fully saturated rings. The van der Waals surface area contributed by atoms with Crippen LogP contribution in [0.4, 0.5) is 0 Å². The van der Waals surface area contributed by atoms with Crippen molar-refractivity contribution < 1.29 is 4.74 Å². The van der Waals surface area contributed by atoms with Gasteiger partial charge < -0.3 is 4.74 Å². The van der Waals surface area contributed by atoms with E-state index in [2.05, 4.69) is 55.3 Å². The smallest absolute Gasteiger partial charge is 0.119 e. The Kier molecular flexibility index (Phi) is 5.19. The summed E-state index contributed by atoms with van der Waals surface area (Å²) in [6.45, 7) is 6.77. The molecule has 106 valence electrons. The summed E-state index contributed by atoms with van der Waals surface area (Å²) in [5, 5.41) is 0. The lowest BCUT2D eigenvalue weighted by Crippen LogP contribution is -2.17. The molecule has 0 unspecified atom stereocenters.